The van der Waals surface area contributed by atoms with Crippen LogP contribution in [0.3, 0.4) is 0 Å². The zero-order valence-electron chi connectivity index (χ0n) is 11.6. The smallest absolute Gasteiger partial charge is 0.426 e. The molecule has 5 nitrogen and oxygen atoms in total. The van der Waals surface area contributed by atoms with Crippen molar-refractivity contribution < 1.29 is 14.3 Å². The Balaban J connectivity index is 3.31. The summed E-state index contributed by atoms with van der Waals surface area (Å²) in [5, 5.41) is 0.165. The normalized spacial score (nSPS) is 10.0. The molecular weight excluding hydrogens is 268 g/mol. The van der Waals surface area contributed by atoms with E-state index >= 15 is 0 Å². The molecule has 0 spiro atoms. The molecule has 104 valence electrons. The lowest BCUT2D eigenvalue weighted by atomic mass is 9.98. The molecule has 1 aromatic carbocycles. The number of hydrogen-bond acceptors (Lipinski definition) is 3. The minimum Gasteiger partial charge on any atom is -0.452 e. The maximum Gasteiger partial charge on any atom is 0.426 e. The van der Waals surface area contributed by atoms with E-state index in [9.17, 15) is 9.59 Å². The van der Waals surface area contributed by atoms with Crippen molar-refractivity contribution >= 4 is 28.7 Å². The highest BCUT2D eigenvalue weighted by atomic mass is 35.5. The van der Waals surface area contributed by atoms with Gasteiger partial charge in [-0.2, -0.15) is 0 Å². The molecule has 0 fully saturated rings. The molecule has 0 aromatic heterocycles. The van der Waals surface area contributed by atoms with Gasteiger partial charge in [0.2, 0.25) is 0 Å². The van der Waals surface area contributed by atoms with Crippen LogP contribution in [0.1, 0.15) is 22.3 Å². The summed E-state index contributed by atoms with van der Waals surface area (Å²) in [7, 11) is 1.21. The molecule has 0 aliphatic heterocycles. The Labute approximate surface area is 117 Å². The highest BCUT2D eigenvalue weighted by Crippen LogP contribution is 2.28. The molecular formula is C13H17ClN2O3. The maximum absolute atomic E-state index is 11.5. The molecule has 19 heavy (non-hydrogen) atoms. The molecule has 0 unspecified atom stereocenters. The van der Waals surface area contributed by atoms with Crippen LogP contribution in [0.4, 0.5) is 15.3 Å². The van der Waals surface area contributed by atoms with Gasteiger partial charge in [-0.25, -0.2) is 15.2 Å². The van der Waals surface area contributed by atoms with Gasteiger partial charge in [0.05, 0.1) is 12.8 Å². The highest BCUT2D eigenvalue weighted by molar-refractivity contribution is 6.66. The molecule has 0 aliphatic rings. The number of amides is 2. The number of anilines is 1. The number of halogens is 1. The van der Waals surface area contributed by atoms with Gasteiger partial charge in [0.1, 0.15) is 0 Å². The lowest BCUT2D eigenvalue weighted by molar-refractivity contribution is 0.170. The summed E-state index contributed by atoms with van der Waals surface area (Å²) in [6.07, 6.45) is -0.760. The third kappa shape index (κ3) is 3.17. The SMILES string of the molecule is COC(=O)NN(C(=O)Cl)c1cc(C)c(C)c(C)c1C. The summed E-state index contributed by atoms with van der Waals surface area (Å²) in [5.41, 5.74) is 6.88. The average Bonchev–Trinajstić information content (AvgIpc) is 2.37. The number of nitrogens with zero attached hydrogens (tertiary/aromatic N) is 1. The molecule has 0 bridgehead atoms. The van der Waals surface area contributed by atoms with Gasteiger partial charge in [-0.05, 0) is 67.6 Å². The van der Waals surface area contributed by atoms with Crippen LogP contribution in [0, 0.1) is 27.7 Å². The van der Waals surface area contributed by atoms with Crippen LogP contribution in [0.25, 0.3) is 0 Å². The highest BCUT2D eigenvalue weighted by Gasteiger charge is 2.20. The van der Waals surface area contributed by atoms with Gasteiger partial charge in [0.15, 0.2) is 0 Å². The van der Waals surface area contributed by atoms with Gasteiger partial charge < -0.3 is 4.74 Å². The number of carbonyl (C=O) groups excluding carboxylic acids is 2. The van der Waals surface area contributed by atoms with E-state index in [1.165, 1.54) is 7.11 Å². The number of aryl methyl sites for hydroxylation is 1. The fraction of sp³-hybridized carbons (Fsp3) is 0.385. The fourth-order valence-electron chi connectivity index (χ4n) is 1.76. The first-order valence-corrected chi connectivity index (χ1v) is 6.09. The second kappa shape index (κ2) is 5.93. The maximum atomic E-state index is 11.5. The summed E-state index contributed by atoms with van der Waals surface area (Å²) < 4.78 is 4.47. The lowest BCUT2D eigenvalue weighted by Gasteiger charge is -2.24. The van der Waals surface area contributed by atoms with Gasteiger partial charge in [0.25, 0.3) is 0 Å². The van der Waals surface area contributed by atoms with Crippen LogP contribution >= 0.6 is 11.6 Å². The summed E-state index contributed by atoms with van der Waals surface area (Å²) in [6.45, 7) is 7.75. The zero-order chi connectivity index (χ0) is 14.7. The summed E-state index contributed by atoms with van der Waals surface area (Å²) in [5.74, 6) is 0. The number of ether oxygens (including phenoxy) is 1. The van der Waals surface area contributed by atoms with E-state index in [0.29, 0.717) is 5.69 Å². The number of nitrogens with one attached hydrogen (secondary N) is 1. The number of rotatable bonds is 1. The van der Waals surface area contributed by atoms with Gasteiger partial charge in [0, 0.05) is 0 Å². The summed E-state index contributed by atoms with van der Waals surface area (Å²) in [6, 6.07) is 1.80. The molecule has 2 amide bonds. The Morgan fingerprint density at radius 1 is 1.16 bits per heavy atom. The van der Waals surface area contributed by atoms with Crippen molar-refractivity contribution in [3.05, 3.63) is 28.3 Å². The van der Waals surface area contributed by atoms with Crippen molar-refractivity contribution in [2.24, 2.45) is 0 Å². The number of methoxy groups -OCH3 is 1. The van der Waals surface area contributed by atoms with Crippen LogP contribution in [-0.4, -0.2) is 18.6 Å². The first-order valence-electron chi connectivity index (χ1n) is 5.71. The minimum absolute atomic E-state index is 0.533. The molecule has 0 aliphatic carbocycles. The van der Waals surface area contributed by atoms with Crippen LogP contribution in [0.15, 0.2) is 6.07 Å². The predicted octanol–water partition coefficient (Wildman–Crippen LogP) is 3.36. The van der Waals surface area contributed by atoms with E-state index in [4.69, 9.17) is 11.6 Å². The fourth-order valence-corrected chi connectivity index (χ4v) is 1.89. The Hall–Kier alpha value is -1.75. The number of hydrogen-bond donors (Lipinski definition) is 1. The number of benzene rings is 1. The second-order valence-corrected chi connectivity index (χ2v) is 4.60. The summed E-state index contributed by atoms with van der Waals surface area (Å²) in [4.78, 5) is 22.7. The van der Waals surface area contributed by atoms with E-state index < -0.39 is 11.5 Å². The van der Waals surface area contributed by atoms with Crippen LogP contribution < -0.4 is 10.4 Å². The molecule has 1 N–H and O–H groups in total. The Morgan fingerprint density at radius 3 is 2.21 bits per heavy atom. The van der Waals surface area contributed by atoms with Gasteiger partial charge in [-0.1, -0.05) is 0 Å². The molecule has 1 aromatic rings. The van der Waals surface area contributed by atoms with Crippen LogP contribution in [0.5, 0.6) is 0 Å². The van der Waals surface area contributed by atoms with Crippen molar-refractivity contribution in [2.45, 2.75) is 27.7 Å². The van der Waals surface area contributed by atoms with Gasteiger partial charge >= 0.3 is 11.5 Å². The van der Waals surface area contributed by atoms with Crippen molar-refractivity contribution in [3.63, 3.8) is 0 Å². The van der Waals surface area contributed by atoms with E-state index in [1.807, 2.05) is 27.7 Å². The zero-order valence-corrected chi connectivity index (χ0v) is 12.4. The molecule has 1 rings (SSSR count). The van der Waals surface area contributed by atoms with Crippen molar-refractivity contribution in [1.29, 1.82) is 0 Å². The number of carbonyl (C=O) groups is 2. The average molecular weight is 285 g/mol. The molecule has 0 atom stereocenters. The van der Waals surface area contributed by atoms with Crippen LogP contribution in [0.2, 0.25) is 0 Å². The van der Waals surface area contributed by atoms with E-state index in [1.54, 1.807) is 6.07 Å². The minimum atomic E-state index is -0.809. The molecule has 0 saturated carbocycles. The Kier molecular flexibility index (Phi) is 4.78. The standard InChI is InChI=1S/C13H17ClN2O3/c1-7-6-11(10(4)9(3)8(7)2)16(12(14)17)15-13(18)19-5/h6H,1-5H3,(H,15,18). The van der Waals surface area contributed by atoms with Crippen molar-refractivity contribution in [1.82, 2.24) is 5.43 Å². The molecule has 0 saturated heterocycles. The second-order valence-electron chi connectivity index (χ2n) is 4.28. The molecule has 6 heteroatoms. The largest absolute Gasteiger partial charge is 0.452 e. The molecule has 0 radical (unpaired) electrons. The van der Waals surface area contributed by atoms with Crippen molar-refractivity contribution in [3.8, 4) is 0 Å². The number of hydrazine groups is 1. The topological polar surface area (TPSA) is 58.6 Å². The van der Waals surface area contributed by atoms with E-state index in [2.05, 4.69) is 10.2 Å². The predicted molar refractivity (Wildman–Crippen MR) is 74.7 cm³/mol. The van der Waals surface area contributed by atoms with Crippen LogP contribution in [-0.2, 0) is 4.74 Å². The van der Waals surface area contributed by atoms with Gasteiger partial charge in [-0.3, -0.25) is 4.79 Å². The third-order valence-corrected chi connectivity index (χ3v) is 3.43. The monoisotopic (exact) mass is 284 g/mol. The Bertz CT molecular complexity index is 529. The first-order chi connectivity index (χ1) is 8.79. The quantitative estimate of drug-likeness (QED) is 0.489. The van der Waals surface area contributed by atoms with E-state index in [0.717, 1.165) is 27.3 Å². The molecule has 0 heterocycles. The Morgan fingerprint density at radius 2 is 1.74 bits per heavy atom. The van der Waals surface area contributed by atoms with E-state index in [-0.39, 0.29) is 0 Å². The summed E-state index contributed by atoms with van der Waals surface area (Å²) >= 11 is 5.51. The lowest BCUT2D eigenvalue weighted by Crippen LogP contribution is -2.44. The third-order valence-electron chi connectivity index (χ3n) is 3.26. The van der Waals surface area contributed by atoms with Crippen molar-refractivity contribution in [2.75, 3.05) is 12.1 Å². The van der Waals surface area contributed by atoms with Gasteiger partial charge in [-0.15, -0.1) is 0 Å². The first kappa shape index (κ1) is 15.3.